The minimum Gasteiger partial charge on any atom is -0.461 e. The molecular weight excluding hydrogens is 376 g/mol. The van der Waals surface area contributed by atoms with Crippen molar-refractivity contribution < 1.29 is 14.6 Å². The minimum absolute atomic E-state index is 0.0276. The van der Waals surface area contributed by atoms with E-state index < -0.39 is 8.07 Å². The molecule has 29 heavy (non-hydrogen) atoms. The van der Waals surface area contributed by atoms with Gasteiger partial charge in [0.25, 0.3) is 0 Å². The van der Waals surface area contributed by atoms with Gasteiger partial charge >= 0.3 is 5.97 Å². The van der Waals surface area contributed by atoms with Gasteiger partial charge in [0, 0.05) is 6.42 Å². The Hall–Kier alpha value is -0.353. The summed E-state index contributed by atoms with van der Waals surface area (Å²) in [6.45, 7) is 11.4. The molecule has 172 valence electrons. The van der Waals surface area contributed by atoms with E-state index >= 15 is 0 Å². The van der Waals surface area contributed by atoms with Crippen molar-refractivity contribution in [1.82, 2.24) is 0 Å². The van der Waals surface area contributed by atoms with E-state index in [0.29, 0.717) is 6.42 Å². The van der Waals surface area contributed by atoms with E-state index in [1.165, 1.54) is 70.6 Å². The molecule has 1 heterocycles. The third kappa shape index (κ3) is 8.36. The Morgan fingerprint density at radius 3 is 1.83 bits per heavy atom. The van der Waals surface area contributed by atoms with Gasteiger partial charge in [0.1, 0.15) is 6.10 Å². The van der Waals surface area contributed by atoms with Gasteiger partial charge in [-0.3, -0.25) is 4.79 Å². The molecule has 1 fully saturated rings. The molecule has 0 aromatic heterocycles. The zero-order valence-corrected chi connectivity index (χ0v) is 21.2. The topological polar surface area (TPSA) is 46.5 Å². The van der Waals surface area contributed by atoms with Crippen LogP contribution in [0.5, 0.6) is 0 Å². The summed E-state index contributed by atoms with van der Waals surface area (Å²) in [4.78, 5) is 12.7. The largest absolute Gasteiger partial charge is 0.461 e. The zero-order valence-electron chi connectivity index (χ0n) is 20.2. The van der Waals surface area contributed by atoms with E-state index in [1.807, 2.05) is 0 Å². The Balaban J connectivity index is 2.46. The maximum Gasteiger partial charge on any atom is 0.313 e. The number of cyclic esters (lactones) is 1. The maximum absolute atomic E-state index is 12.7. The first kappa shape index (κ1) is 26.7. The summed E-state index contributed by atoms with van der Waals surface area (Å²) in [5.41, 5.74) is 0. The van der Waals surface area contributed by atoms with Crippen LogP contribution in [0, 0.1) is 0 Å². The standard InChI is InChI=1S/C25H50O3Si/c1-6-8-10-12-13-14-16-18-20-25(29(3,4)5)23(28-24(25)27)21-22(26)19-17-15-11-9-7-2/h22-23,26H,6-21H2,1-5H3/t22-,23+,25-/m1/s1. The SMILES string of the molecule is CCCCCCCCCC[C@]1([Si](C)(C)C)C(=O)O[C@H]1C[C@H](O)CCCCCCC. The van der Waals surface area contributed by atoms with Crippen LogP contribution in [0.25, 0.3) is 0 Å². The van der Waals surface area contributed by atoms with E-state index in [1.54, 1.807) is 0 Å². The molecular formula is C25H50O3Si. The highest BCUT2D eigenvalue weighted by Gasteiger charge is 2.64. The highest BCUT2D eigenvalue weighted by molar-refractivity contribution is 6.83. The van der Waals surface area contributed by atoms with Crippen molar-refractivity contribution in [1.29, 1.82) is 0 Å². The zero-order chi connectivity index (χ0) is 21.8. The monoisotopic (exact) mass is 426 g/mol. The van der Waals surface area contributed by atoms with Crippen molar-refractivity contribution in [3.8, 4) is 0 Å². The third-order valence-corrected chi connectivity index (χ3v) is 10.5. The second-order valence-corrected chi connectivity index (χ2v) is 15.8. The van der Waals surface area contributed by atoms with Crippen molar-refractivity contribution >= 4 is 14.0 Å². The van der Waals surface area contributed by atoms with Crippen LogP contribution < -0.4 is 0 Å². The number of esters is 1. The maximum atomic E-state index is 12.7. The number of carbonyl (C=O) groups is 1. The average molecular weight is 427 g/mol. The molecule has 1 saturated heterocycles. The van der Waals surface area contributed by atoms with Crippen LogP contribution in [0.1, 0.15) is 117 Å². The fourth-order valence-electron chi connectivity index (χ4n) is 4.97. The van der Waals surface area contributed by atoms with Crippen molar-refractivity contribution in [2.24, 2.45) is 0 Å². The normalized spacial score (nSPS) is 23.0. The summed E-state index contributed by atoms with van der Waals surface area (Å²) in [6.07, 6.45) is 18.5. The molecule has 3 nitrogen and oxygen atoms in total. The lowest BCUT2D eigenvalue weighted by Crippen LogP contribution is -2.63. The second kappa shape index (κ2) is 13.9. The number of rotatable bonds is 18. The summed E-state index contributed by atoms with van der Waals surface area (Å²) < 4.78 is 5.66. The van der Waals surface area contributed by atoms with Crippen molar-refractivity contribution in [2.75, 3.05) is 0 Å². The van der Waals surface area contributed by atoms with Crippen LogP contribution in [0.15, 0.2) is 0 Å². The van der Waals surface area contributed by atoms with E-state index in [4.69, 9.17) is 4.74 Å². The summed E-state index contributed by atoms with van der Waals surface area (Å²) in [5, 5.41) is 10.3. The highest BCUT2D eigenvalue weighted by Crippen LogP contribution is 2.56. The molecule has 1 aliphatic heterocycles. The van der Waals surface area contributed by atoms with Gasteiger partial charge in [0.2, 0.25) is 0 Å². The molecule has 0 aliphatic carbocycles. The Kier molecular flexibility index (Phi) is 12.7. The van der Waals surface area contributed by atoms with Gasteiger partial charge in [-0.2, -0.15) is 0 Å². The van der Waals surface area contributed by atoms with Crippen LogP contribution in [-0.2, 0) is 9.53 Å². The van der Waals surface area contributed by atoms with Gasteiger partial charge in [0.15, 0.2) is 0 Å². The number of ether oxygens (including phenoxy) is 1. The molecule has 3 atom stereocenters. The first-order valence-corrected chi connectivity index (χ1v) is 16.2. The molecule has 0 spiro atoms. The van der Waals surface area contributed by atoms with E-state index in [9.17, 15) is 9.90 Å². The average Bonchev–Trinajstić information content (AvgIpc) is 2.65. The minimum atomic E-state index is -1.74. The second-order valence-electron chi connectivity index (χ2n) is 10.4. The van der Waals surface area contributed by atoms with Crippen LogP contribution in [0.4, 0.5) is 0 Å². The number of aliphatic hydroxyl groups is 1. The van der Waals surface area contributed by atoms with Crippen molar-refractivity contribution in [2.45, 2.75) is 153 Å². The molecule has 1 N–H and O–H groups in total. The Bertz CT molecular complexity index is 446. The van der Waals surface area contributed by atoms with Crippen molar-refractivity contribution in [3.05, 3.63) is 0 Å². The number of hydrogen-bond donors (Lipinski definition) is 1. The van der Waals surface area contributed by atoms with Gasteiger partial charge in [-0.1, -0.05) is 117 Å². The Labute approximate surface area is 182 Å². The van der Waals surface area contributed by atoms with Gasteiger partial charge in [0.05, 0.1) is 19.2 Å². The molecule has 0 radical (unpaired) electrons. The number of carbonyl (C=O) groups excluding carboxylic acids is 1. The highest BCUT2D eigenvalue weighted by atomic mass is 28.3. The number of hydrogen-bond acceptors (Lipinski definition) is 3. The van der Waals surface area contributed by atoms with Gasteiger partial charge in [-0.15, -0.1) is 0 Å². The smallest absolute Gasteiger partial charge is 0.313 e. The lowest BCUT2D eigenvalue weighted by Gasteiger charge is -2.54. The molecule has 1 aliphatic rings. The Morgan fingerprint density at radius 2 is 1.34 bits per heavy atom. The summed E-state index contributed by atoms with van der Waals surface area (Å²) in [7, 11) is -1.74. The molecule has 0 aromatic rings. The summed E-state index contributed by atoms with van der Waals surface area (Å²) in [6, 6.07) is 0. The fourth-order valence-corrected chi connectivity index (χ4v) is 7.71. The molecule has 4 heteroatoms. The molecule has 0 bridgehead atoms. The molecule has 0 saturated carbocycles. The summed E-state index contributed by atoms with van der Waals surface area (Å²) in [5.74, 6) is 0.0276. The number of unbranched alkanes of at least 4 members (excludes halogenated alkanes) is 11. The molecule has 0 aromatic carbocycles. The van der Waals surface area contributed by atoms with E-state index in [0.717, 1.165) is 25.7 Å². The number of aliphatic hydroxyl groups excluding tert-OH is 1. The van der Waals surface area contributed by atoms with Gasteiger partial charge in [-0.25, -0.2) is 0 Å². The van der Waals surface area contributed by atoms with Gasteiger partial charge < -0.3 is 9.84 Å². The van der Waals surface area contributed by atoms with E-state index in [2.05, 4.69) is 33.5 Å². The van der Waals surface area contributed by atoms with Crippen LogP contribution in [0.3, 0.4) is 0 Å². The quantitative estimate of drug-likeness (QED) is 0.139. The van der Waals surface area contributed by atoms with Gasteiger partial charge in [-0.05, 0) is 12.8 Å². The summed E-state index contributed by atoms with van der Waals surface area (Å²) >= 11 is 0. The van der Waals surface area contributed by atoms with Crippen LogP contribution >= 0.6 is 0 Å². The first-order valence-electron chi connectivity index (χ1n) is 12.7. The lowest BCUT2D eigenvalue weighted by atomic mass is 9.85. The lowest BCUT2D eigenvalue weighted by molar-refractivity contribution is -0.186. The predicted octanol–water partition coefficient (Wildman–Crippen LogP) is 7.63. The Morgan fingerprint density at radius 1 is 0.862 bits per heavy atom. The third-order valence-electron chi connectivity index (χ3n) is 7.05. The first-order chi connectivity index (χ1) is 13.8. The predicted molar refractivity (Wildman–Crippen MR) is 127 cm³/mol. The molecule has 1 rings (SSSR count). The molecule has 0 amide bonds. The van der Waals surface area contributed by atoms with Crippen LogP contribution in [0.2, 0.25) is 24.7 Å². The van der Waals surface area contributed by atoms with E-state index in [-0.39, 0.29) is 23.2 Å². The molecule has 0 unspecified atom stereocenters. The fraction of sp³-hybridized carbons (Fsp3) is 0.960. The van der Waals surface area contributed by atoms with Crippen LogP contribution in [-0.4, -0.2) is 31.4 Å². The van der Waals surface area contributed by atoms with Crippen molar-refractivity contribution in [3.63, 3.8) is 0 Å².